The van der Waals surface area contributed by atoms with E-state index in [0.717, 1.165) is 12.0 Å². The van der Waals surface area contributed by atoms with Gasteiger partial charge in [-0.15, -0.1) is 24.0 Å². The minimum atomic E-state index is -4.37. The molecule has 0 spiro atoms. The molecule has 2 aromatic rings. The van der Waals surface area contributed by atoms with Gasteiger partial charge in [0.05, 0.1) is 6.54 Å². The number of nitrogens with one attached hydrogen (secondary N) is 2. The highest BCUT2D eigenvalue weighted by atomic mass is 127. The summed E-state index contributed by atoms with van der Waals surface area (Å²) >= 11 is 0. The molecule has 1 aliphatic rings. The third kappa shape index (κ3) is 7.88. The maximum Gasteiger partial charge on any atom is 0.422 e. The Morgan fingerprint density at radius 3 is 2.44 bits per heavy atom. The van der Waals surface area contributed by atoms with Crippen molar-refractivity contribution in [2.75, 3.05) is 26.7 Å². The zero-order valence-electron chi connectivity index (χ0n) is 17.6. The Balaban J connectivity index is 0.00000363. The highest BCUT2D eigenvalue weighted by molar-refractivity contribution is 14.0. The van der Waals surface area contributed by atoms with Crippen LogP contribution in [0.3, 0.4) is 0 Å². The van der Waals surface area contributed by atoms with Crippen LogP contribution >= 0.6 is 24.0 Å². The zero-order chi connectivity index (χ0) is 22.3. The molecule has 0 aromatic heterocycles. The molecule has 2 N–H and O–H groups in total. The maximum atomic E-state index is 12.6. The third-order valence-electron chi connectivity index (χ3n) is 4.90. The zero-order valence-corrected chi connectivity index (χ0v) is 19.9. The number of alkyl halides is 3. The quantitative estimate of drug-likeness (QED) is 0.322. The lowest BCUT2D eigenvalue weighted by atomic mass is 10.00. The van der Waals surface area contributed by atoms with Crippen molar-refractivity contribution in [1.82, 2.24) is 15.5 Å². The third-order valence-corrected chi connectivity index (χ3v) is 4.90. The first-order chi connectivity index (χ1) is 14.8. The van der Waals surface area contributed by atoms with E-state index in [1.165, 1.54) is 23.3 Å². The van der Waals surface area contributed by atoms with Crippen LogP contribution in [0.5, 0.6) is 5.75 Å². The fraction of sp³-hybridized carbons (Fsp3) is 0.364. The van der Waals surface area contributed by atoms with E-state index in [2.05, 4.69) is 21.7 Å². The number of hydrogen-bond donors (Lipinski definition) is 2. The molecule has 0 unspecified atom stereocenters. The molecule has 2 aromatic carbocycles. The SMILES string of the molecule is CN=C(NCC(=O)N1CCc2ccccc2C1)NCc1ccc(OCC(F)(F)F)cc1.I. The Bertz CT molecular complexity index is 920. The number of ether oxygens (including phenoxy) is 1. The molecule has 1 aliphatic heterocycles. The van der Waals surface area contributed by atoms with Crippen molar-refractivity contribution in [3.05, 3.63) is 65.2 Å². The van der Waals surface area contributed by atoms with Crippen LogP contribution in [0.4, 0.5) is 13.2 Å². The monoisotopic (exact) mass is 562 g/mol. The molecule has 1 heterocycles. The van der Waals surface area contributed by atoms with Crippen molar-refractivity contribution in [1.29, 1.82) is 0 Å². The summed E-state index contributed by atoms with van der Waals surface area (Å²) in [7, 11) is 1.60. The molecular formula is C22H26F3IN4O2. The molecule has 0 saturated carbocycles. The van der Waals surface area contributed by atoms with Gasteiger partial charge in [0.15, 0.2) is 12.6 Å². The summed E-state index contributed by atoms with van der Waals surface area (Å²) in [5.74, 6) is 0.601. The first kappa shape index (κ1) is 25.8. The number of fused-ring (bicyclic) bond motifs is 1. The van der Waals surface area contributed by atoms with E-state index >= 15 is 0 Å². The van der Waals surface area contributed by atoms with Gasteiger partial charge in [-0.25, -0.2) is 0 Å². The Morgan fingerprint density at radius 1 is 1.09 bits per heavy atom. The Morgan fingerprint density at radius 2 is 1.78 bits per heavy atom. The van der Waals surface area contributed by atoms with Crippen LogP contribution in [-0.2, 0) is 24.3 Å². The summed E-state index contributed by atoms with van der Waals surface area (Å²) in [6.45, 7) is 0.478. The molecule has 10 heteroatoms. The lowest BCUT2D eigenvalue weighted by molar-refractivity contribution is -0.153. The minimum absolute atomic E-state index is 0. The molecule has 0 saturated heterocycles. The van der Waals surface area contributed by atoms with E-state index in [4.69, 9.17) is 4.74 Å². The summed E-state index contributed by atoms with van der Waals surface area (Å²) < 4.78 is 41.3. The normalized spacial score (nSPS) is 13.6. The van der Waals surface area contributed by atoms with E-state index < -0.39 is 12.8 Å². The average molecular weight is 562 g/mol. The minimum Gasteiger partial charge on any atom is -0.484 e. The lowest BCUT2D eigenvalue weighted by Crippen LogP contribution is -2.45. The van der Waals surface area contributed by atoms with Crippen LogP contribution in [0.15, 0.2) is 53.5 Å². The van der Waals surface area contributed by atoms with Crippen molar-refractivity contribution in [2.24, 2.45) is 4.99 Å². The highest BCUT2D eigenvalue weighted by Crippen LogP contribution is 2.19. The van der Waals surface area contributed by atoms with Crippen LogP contribution in [-0.4, -0.2) is 49.7 Å². The fourth-order valence-corrected chi connectivity index (χ4v) is 3.25. The number of halogens is 4. The maximum absolute atomic E-state index is 12.6. The number of nitrogens with zero attached hydrogens (tertiary/aromatic N) is 2. The summed E-state index contributed by atoms with van der Waals surface area (Å²) in [5.41, 5.74) is 3.29. The molecule has 0 aliphatic carbocycles. The average Bonchev–Trinajstić information content (AvgIpc) is 2.77. The topological polar surface area (TPSA) is 66.0 Å². The van der Waals surface area contributed by atoms with E-state index in [1.807, 2.05) is 23.1 Å². The van der Waals surface area contributed by atoms with Gasteiger partial charge in [0.25, 0.3) is 0 Å². The number of hydrogen-bond acceptors (Lipinski definition) is 3. The van der Waals surface area contributed by atoms with Crippen molar-refractivity contribution in [3.63, 3.8) is 0 Å². The molecule has 6 nitrogen and oxygen atoms in total. The summed E-state index contributed by atoms with van der Waals surface area (Å²) in [6.07, 6.45) is -3.52. The van der Waals surface area contributed by atoms with Gasteiger partial charge in [-0.05, 0) is 35.2 Å². The van der Waals surface area contributed by atoms with E-state index in [9.17, 15) is 18.0 Å². The van der Waals surface area contributed by atoms with E-state index in [0.29, 0.717) is 25.6 Å². The van der Waals surface area contributed by atoms with Gasteiger partial charge in [0, 0.05) is 26.7 Å². The van der Waals surface area contributed by atoms with Gasteiger partial charge in [-0.2, -0.15) is 13.2 Å². The van der Waals surface area contributed by atoms with Crippen molar-refractivity contribution < 1.29 is 22.7 Å². The van der Waals surface area contributed by atoms with E-state index in [1.54, 1.807) is 19.2 Å². The van der Waals surface area contributed by atoms with Gasteiger partial charge in [0.1, 0.15) is 5.75 Å². The number of carbonyl (C=O) groups excluding carboxylic acids is 1. The second kappa shape index (κ2) is 11.9. The first-order valence-corrected chi connectivity index (χ1v) is 9.91. The van der Waals surface area contributed by atoms with Crippen LogP contribution < -0.4 is 15.4 Å². The number of aliphatic imine (C=N–C) groups is 1. The first-order valence-electron chi connectivity index (χ1n) is 9.91. The van der Waals surface area contributed by atoms with Crippen molar-refractivity contribution >= 4 is 35.8 Å². The number of rotatable bonds is 6. The molecule has 0 bridgehead atoms. The predicted octanol–water partition coefficient (Wildman–Crippen LogP) is 3.50. The summed E-state index contributed by atoms with van der Waals surface area (Å²) in [6, 6.07) is 14.4. The Hall–Kier alpha value is -2.50. The molecule has 3 rings (SSSR count). The molecule has 1 amide bonds. The van der Waals surface area contributed by atoms with Crippen molar-refractivity contribution in [2.45, 2.75) is 25.7 Å². The molecular weight excluding hydrogens is 536 g/mol. The van der Waals surface area contributed by atoms with Crippen LogP contribution in [0.25, 0.3) is 0 Å². The van der Waals surface area contributed by atoms with Gasteiger partial charge in [-0.1, -0.05) is 36.4 Å². The smallest absolute Gasteiger partial charge is 0.422 e. The number of guanidine groups is 1. The largest absolute Gasteiger partial charge is 0.484 e. The molecule has 32 heavy (non-hydrogen) atoms. The second-order valence-corrected chi connectivity index (χ2v) is 7.16. The summed E-state index contributed by atoms with van der Waals surface area (Å²) in [4.78, 5) is 18.5. The fourth-order valence-electron chi connectivity index (χ4n) is 3.25. The molecule has 0 atom stereocenters. The van der Waals surface area contributed by atoms with Crippen molar-refractivity contribution in [3.8, 4) is 5.75 Å². The van der Waals surface area contributed by atoms with E-state index in [-0.39, 0.29) is 42.2 Å². The van der Waals surface area contributed by atoms with Crippen LogP contribution in [0, 0.1) is 0 Å². The van der Waals surface area contributed by atoms with Gasteiger partial charge >= 0.3 is 6.18 Å². The Labute approximate surface area is 202 Å². The molecule has 0 fully saturated rings. The standard InChI is InChI=1S/C22H25F3N4O2.HI/c1-26-21(27-12-16-6-8-19(9-7-16)31-15-22(23,24)25)28-13-20(30)29-11-10-17-4-2-3-5-18(17)14-29;/h2-9H,10-15H2,1H3,(H2,26,27,28);1H. The Kier molecular flexibility index (Phi) is 9.60. The van der Waals surface area contributed by atoms with Gasteiger partial charge in [-0.3, -0.25) is 9.79 Å². The highest BCUT2D eigenvalue weighted by Gasteiger charge is 2.28. The number of carbonyl (C=O) groups is 1. The number of amides is 1. The second-order valence-electron chi connectivity index (χ2n) is 7.16. The van der Waals surface area contributed by atoms with Crippen LogP contribution in [0.2, 0.25) is 0 Å². The van der Waals surface area contributed by atoms with Gasteiger partial charge < -0.3 is 20.3 Å². The molecule has 0 radical (unpaired) electrons. The summed E-state index contributed by atoms with van der Waals surface area (Å²) in [5, 5.41) is 6.09. The lowest BCUT2D eigenvalue weighted by Gasteiger charge is -2.29. The van der Waals surface area contributed by atoms with Crippen LogP contribution in [0.1, 0.15) is 16.7 Å². The van der Waals surface area contributed by atoms with Gasteiger partial charge in [0.2, 0.25) is 5.91 Å². The predicted molar refractivity (Wildman–Crippen MR) is 127 cm³/mol. The molecule has 174 valence electrons. The number of benzene rings is 2.